The molecule has 0 aliphatic carbocycles. The minimum absolute atomic E-state index is 0.814. The van der Waals surface area contributed by atoms with Gasteiger partial charge in [-0.1, -0.05) is 0 Å². The van der Waals surface area contributed by atoms with Crippen molar-refractivity contribution in [2.45, 2.75) is 27.3 Å². The third-order valence-electron chi connectivity index (χ3n) is 5.96. The molecule has 0 aliphatic heterocycles. The normalized spacial score (nSPS) is 11.3. The van der Waals surface area contributed by atoms with Crippen LogP contribution in [0.4, 0.5) is 0 Å². The molecule has 5 nitrogen and oxygen atoms in total. The number of aromatic nitrogens is 1. The molecule has 0 bridgehead atoms. The zero-order valence-electron chi connectivity index (χ0n) is 21.1. The van der Waals surface area contributed by atoms with Crippen LogP contribution in [0.1, 0.15) is 40.6 Å². The van der Waals surface area contributed by atoms with E-state index in [4.69, 9.17) is 18.9 Å². The second kappa shape index (κ2) is 11.4. The van der Waals surface area contributed by atoms with Crippen LogP contribution in [0.15, 0.2) is 42.5 Å². The fraction of sp³-hybridized carbons (Fsp3) is 0.276. The van der Waals surface area contributed by atoms with Gasteiger partial charge in [-0.3, -0.25) is 0 Å². The number of hydrogen-bond acceptors (Lipinski definition) is 4. The Morgan fingerprint density at radius 2 is 1.06 bits per heavy atom. The van der Waals surface area contributed by atoms with Crippen LogP contribution in [-0.2, 0) is 6.54 Å². The summed E-state index contributed by atoms with van der Waals surface area (Å²) >= 11 is 0. The van der Waals surface area contributed by atoms with Crippen molar-refractivity contribution in [3.05, 3.63) is 76.1 Å². The highest BCUT2D eigenvalue weighted by molar-refractivity contribution is 5.74. The highest BCUT2D eigenvalue weighted by atomic mass is 16.5. The van der Waals surface area contributed by atoms with Crippen LogP contribution in [-0.4, -0.2) is 28.4 Å². The van der Waals surface area contributed by atoms with Crippen LogP contribution in [0, 0.1) is 13.8 Å². The van der Waals surface area contributed by atoms with Gasteiger partial charge in [-0.25, -0.2) is 0 Å². The second-order valence-corrected chi connectivity index (χ2v) is 7.82. The number of benzene rings is 2. The Morgan fingerprint density at radius 1 is 0.618 bits per heavy atom. The van der Waals surface area contributed by atoms with Crippen molar-refractivity contribution in [2.75, 3.05) is 28.4 Å². The van der Waals surface area contributed by atoms with Gasteiger partial charge in [-0.15, -0.1) is 0 Å². The minimum Gasteiger partial charge on any atom is -0.496 e. The summed E-state index contributed by atoms with van der Waals surface area (Å²) in [6, 6.07) is 14.2. The lowest BCUT2D eigenvalue weighted by Crippen LogP contribution is -2.38. The molecule has 178 valence electrons. The molecular formula is C29H34NO4+. The maximum Gasteiger partial charge on any atom is 0.205 e. The van der Waals surface area contributed by atoms with Crippen molar-refractivity contribution in [3.8, 4) is 23.0 Å². The Labute approximate surface area is 202 Å². The van der Waals surface area contributed by atoms with E-state index in [9.17, 15) is 0 Å². The lowest BCUT2D eigenvalue weighted by molar-refractivity contribution is -0.696. The van der Waals surface area contributed by atoms with E-state index in [1.165, 1.54) is 0 Å². The fourth-order valence-electron chi connectivity index (χ4n) is 4.22. The molecule has 34 heavy (non-hydrogen) atoms. The summed E-state index contributed by atoms with van der Waals surface area (Å²) < 4.78 is 24.4. The first-order valence-corrected chi connectivity index (χ1v) is 11.3. The number of rotatable bonds is 9. The molecule has 0 atom stereocenters. The number of methoxy groups -OCH3 is 4. The van der Waals surface area contributed by atoms with Gasteiger partial charge in [0.1, 0.15) is 29.5 Å². The molecule has 1 aromatic heterocycles. The quantitative estimate of drug-likeness (QED) is 0.368. The number of ether oxygens (including phenoxy) is 4. The van der Waals surface area contributed by atoms with Crippen LogP contribution >= 0.6 is 0 Å². The average Bonchev–Trinajstić information content (AvgIpc) is 2.86. The predicted molar refractivity (Wildman–Crippen MR) is 139 cm³/mol. The molecule has 0 saturated heterocycles. The van der Waals surface area contributed by atoms with Crippen LogP contribution in [0.2, 0.25) is 0 Å². The van der Waals surface area contributed by atoms with Gasteiger partial charge in [0.15, 0.2) is 0 Å². The molecule has 0 saturated carbocycles. The van der Waals surface area contributed by atoms with Gasteiger partial charge in [0.25, 0.3) is 0 Å². The Bertz CT molecular complexity index is 1120. The molecule has 0 N–H and O–H groups in total. The topological polar surface area (TPSA) is 40.8 Å². The van der Waals surface area contributed by atoms with Crippen LogP contribution in [0.25, 0.3) is 24.3 Å². The number of nitrogens with zero attached hydrogens (tertiary/aromatic N) is 1. The van der Waals surface area contributed by atoms with E-state index in [2.05, 4.69) is 54.0 Å². The maximum absolute atomic E-state index is 5.65. The lowest BCUT2D eigenvalue weighted by atomic mass is 10.1. The average molecular weight is 461 g/mol. The van der Waals surface area contributed by atoms with E-state index in [-0.39, 0.29) is 0 Å². The lowest BCUT2D eigenvalue weighted by Gasteiger charge is -2.12. The molecular weight excluding hydrogens is 426 g/mol. The van der Waals surface area contributed by atoms with Crippen molar-refractivity contribution in [1.82, 2.24) is 0 Å². The van der Waals surface area contributed by atoms with Crippen LogP contribution < -0.4 is 23.5 Å². The molecule has 5 heteroatoms. The third kappa shape index (κ3) is 5.09. The van der Waals surface area contributed by atoms with Gasteiger partial charge >= 0.3 is 0 Å². The molecule has 2 aromatic carbocycles. The zero-order chi connectivity index (χ0) is 24.7. The third-order valence-corrected chi connectivity index (χ3v) is 5.96. The highest BCUT2D eigenvalue weighted by Crippen LogP contribution is 2.33. The van der Waals surface area contributed by atoms with Crippen molar-refractivity contribution in [1.29, 1.82) is 0 Å². The predicted octanol–water partition coefficient (Wildman–Crippen LogP) is 5.99. The first-order chi connectivity index (χ1) is 16.5. The molecule has 0 spiro atoms. The smallest absolute Gasteiger partial charge is 0.205 e. The molecule has 0 unspecified atom stereocenters. The van der Waals surface area contributed by atoms with Gasteiger partial charge < -0.3 is 18.9 Å². The summed E-state index contributed by atoms with van der Waals surface area (Å²) in [5.74, 6) is 3.26. The molecule has 0 radical (unpaired) electrons. The van der Waals surface area contributed by atoms with Gasteiger partial charge in [-0.05, 0) is 63.3 Å². The van der Waals surface area contributed by atoms with Crippen molar-refractivity contribution in [3.63, 3.8) is 0 Å². The zero-order valence-corrected chi connectivity index (χ0v) is 21.1. The molecule has 0 aliphatic rings. The summed E-state index contributed by atoms with van der Waals surface area (Å²) in [7, 11) is 6.71. The van der Waals surface area contributed by atoms with Gasteiger partial charge in [0.2, 0.25) is 11.4 Å². The molecule has 3 rings (SSSR count). The largest absolute Gasteiger partial charge is 0.496 e. The number of pyridine rings is 1. The van der Waals surface area contributed by atoms with E-state index in [1.54, 1.807) is 28.4 Å². The Balaban J connectivity index is 1.97. The second-order valence-electron chi connectivity index (χ2n) is 7.82. The van der Waals surface area contributed by atoms with E-state index in [1.807, 2.05) is 38.1 Å². The van der Waals surface area contributed by atoms with E-state index >= 15 is 0 Å². The molecule has 3 aromatic rings. The van der Waals surface area contributed by atoms with Crippen molar-refractivity contribution >= 4 is 24.3 Å². The highest BCUT2D eigenvalue weighted by Gasteiger charge is 2.14. The summed E-state index contributed by atoms with van der Waals surface area (Å²) in [5.41, 5.74) is 6.16. The van der Waals surface area contributed by atoms with Gasteiger partial charge in [0, 0.05) is 46.5 Å². The molecule has 0 amide bonds. The summed E-state index contributed by atoms with van der Waals surface area (Å²) in [6.45, 7) is 6.98. The Kier molecular flexibility index (Phi) is 8.36. The van der Waals surface area contributed by atoms with Crippen molar-refractivity contribution in [2.24, 2.45) is 0 Å². The van der Waals surface area contributed by atoms with Gasteiger partial charge in [0.05, 0.1) is 28.4 Å². The summed E-state index contributed by atoms with van der Waals surface area (Å²) in [4.78, 5) is 0. The van der Waals surface area contributed by atoms with E-state index in [0.29, 0.717) is 0 Å². The van der Waals surface area contributed by atoms with Crippen LogP contribution in [0.3, 0.4) is 0 Å². The summed E-state index contributed by atoms with van der Waals surface area (Å²) in [6.07, 6.45) is 8.39. The SMILES string of the molecule is CC[n+]1c(/C=C/c2ccc(OC)c(C)c2OC)cccc1/C=C/c1ccc(OC)c(C)c1OC. The first kappa shape index (κ1) is 24.9. The molecule has 1 heterocycles. The minimum atomic E-state index is 0.814. The molecule has 0 fully saturated rings. The van der Waals surface area contributed by atoms with E-state index in [0.717, 1.165) is 63.2 Å². The van der Waals surface area contributed by atoms with Crippen molar-refractivity contribution < 1.29 is 23.5 Å². The number of hydrogen-bond donors (Lipinski definition) is 0. The van der Waals surface area contributed by atoms with Crippen LogP contribution in [0.5, 0.6) is 23.0 Å². The van der Waals surface area contributed by atoms with Gasteiger partial charge in [-0.2, -0.15) is 4.57 Å². The van der Waals surface area contributed by atoms with E-state index < -0.39 is 0 Å². The summed E-state index contributed by atoms with van der Waals surface area (Å²) in [5, 5.41) is 0. The monoisotopic (exact) mass is 460 g/mol. The standard InChI is InChI=1S/C29H34NO4/c1-8-30-24(16-12-22-14-18-26(31-4)20(2)28(22)33-6)10-9-11-25(30)17-13-23-15-19-27(32-5)21(3)29(23)34-7/h9-19H,8H2,1-7H3/q+1/b16-12+,17-13+. The first-order valence-electron chi connectivity index (χ1n) is 11.3. The Morgan fingerprint density at radius 3 is 1.41 bits per heavy atom. The maximum atomic E-state index is 5.65. The fourth-order valence-corrected chi connectivity index (χ4v) is 4.22. The Hall–Kier alpha value is -3.73.